The summed E-state index contributed by atoms with van der Waals surface area (Å²) in [5.41, 5.74) is 1.58. The average molecular weight is 196 g/mol. The van der Waals surface area contributed by atoms with Crippen LogP contribution in [0.15, 0.2) is 11.7 Å². The fraction of sp³-hybridized carbons (Fsp3) is 0.250. The van der Waals surface area contributed by atoms with Gasteiger partial charge in [0.15, 0.2) is 0 Å². The maximum atomic E-state index is 11.4. The molecule has 4 nitrogen and oxygen atoms in total. The van der Waals surface area contributed by atoms with Gasteiger partial charge >= 0.3 is 5.97 Å². The molecule has 2 heterocycles. The van der Waals surface area contributed by atoms with Crippen molar-refractivity contribution in [2.24, 2.45) is 0 Å². The van der Waals surface area contributed by atoms with Crippen molar-refractivity contribution in [3.05, 3.63) is 16.6 Å². The Morgan fingerprint density at radius 3 is 3.38 bits per heavy atom. The van der Waals surface area contributed by atoms with Gasteiger partial charge < -0.3 is 9.72 Å². The number of carbonyl (C=O) groups excluding carboxylic acids is 1. The monoisotopic (exact) mass is 196 g/mol. The predicted molar refractivity (Wildman–Crippen MR) is 49.9 cm³/mol. The number of fused-ring (bicyclic) bond motifs is 1. The van der Waals surface area contributed by atoms with Crippen molar-refractivity contribution in [2.75, 3.05) is 6.61 Å². The molecule has 0 aromatic carbocycles. The second kappa shape index (κ2) is 3.18. The molecule has 0 aliphatic carbocycles. The molecule has 2 rings (SSSR count). The first-order valence-electron chi connectivity index (χ1n) is 3.90. The summed E-state index contributed by atoms with van der Waals surface area (Å²) in [7, 11) is 0. The van der Waals surface area contributed by atoms with Crippen LogP contribution in [0.3, 0.4) is 0 Å². The van der Waals surface area contributed by atoms with E-state index in [1.54, 1.807) is 13.3 Å². The van der Waals surface area contributed by atoms with Crippen molar-refractivity contribution in [1.29, 1.82) is 0 Å². The summed E-state index contributed by atoms with van der Waals surface area (Å²) in [6.45, 7) is 2.18. The highest BCUT2D eigenvalue weighted by atomic mass is 32.1. The predicted octanol–water partition coefficient (Wildman–Crippen LogP) is 1.80. The third-order valence-electron chi connectivity index (χ3n) is 1.64. The highest BCUT2D eigenvalue weighted by molar-refractivity contribution is 7.13. The topological polar surface area (TPSA) is 55.0 Å². The molecule has 13 heavy (non-hydrogen) atoms. The second-order valence-electron chi connectivity index (χ2n) is 2.45. The molecular formula is C8H8N2O2S. The molecule has 0 saturated heterocycles. The Kier molecular flexibility index (Phi) is 2.02. The molecule has 0 atom stereocenters. The Bertz CT molecular complexity index is 432. The summed E-state index contributed by atoms with van der Waals surface area (Å²) in [5.74, 6) is -0.297. The van der Waals surface area contributed by atoms with Crippen LogP contribution in [0.5, 0.6) is 0 Å². The summed E-state index contributed by atoms with van der Waals surface area (Å²) in [6.07, 6.45) is 1.57. The average Bonchev–Trinajstić information content (AvgIpc) is 2.62. The van der Waals surface area contributed by atoms with Gasteiger partial charge in [-0.15, -0.1) is 11.3 Å². The molecule has 0 bridgehead atoms. The number of rotatable bonds is 2. The third kappa shape index (κ3) is 1.31. The first-order chi connectivity index (χ1) is 6.33. The molecule has 5 heteroatoms. The van der Waals surface area contributed by atoms with Crippen LogP contribution in [-0.4, -0.2) is 22.5 Å². The number of nitrogens with zero attached hydrogens (tertiary/aromatic N) is 1. The zero-order chi connectivity index (χ0) is 9.26. The van der Waals surface area contributed by atoms with Gasteiger partial charge in [-0.25, -0.2) is 9.78 Å². The van der Waals surface area contributed by atoms with Crippen molar-refractivity contribution in [2.45, 2.75) is 6.92 Å². The van der Waals surface area contributed by atoms with E-state index in [2.05, 4.69) is 9.97 Å². The molecule has 1 N–H and O–H groups in total. The van der Waals surface area contributed by atoms with Crippen LogP contribution in [0.4, 0.5) is 0 Å². The number of carbonyl (C=O) groups is 1. The van der Waals surface area contributed by atoms with Crippen molar-refractivity contribution in [3.8, 4) is 0 Å². The summed E-state index contributed by atoms with van der Waals surface area (Å²) in [6, 6.07) is 0. The number of hydrogen-bond acceptors (Lipinski definition) is 4. The van der Waals surface area contributed by atoms with Crippen LogP contribution in [0.25, 0.3) is 11.0 Å². The molecule has 0 amide bonds. The van der Waals surface area contributed by atoms with Gasteiger partial charge in [-0.1, -0.05) is 0 Å². The lowest BCUT2D eigenvalue weighted by molar-refractivity contribution is 0.0534. The quantitative estimate of drug-likeness (QED) is 0.745. The van der Waals surface area contributed by atoms with E-state index >= 15 is 0 Å². The van der Waals surface area contributed by atoms with Gasteiger partial charge in [0.05, 0.1) is 18.5 Å². The minimum Gasteiger partial charge on any atom is -0.462 e. The minimum absolute atomic E-state index is 0.297. The Morgan fingerprint density at radius 1 is 1.77 bits per heavy atom. The van der Waals surface area contributed by atoms with E-state index in [9.17, 15) is 4.79 Å². The van der Waals surface area contributed by atoms with Crippen molar-refractivity contribution in [1.82, 2.24) is 9.97 Å². The van der Waals surface area contributed by atoms with E-state index in [-0.39, 0.29) is 5.97 Å². The van der Waals surface area contributed by atoms with Crippen LogP contribution < -0.4 is 0 Å². The molecule has 0 spiro atoms. The smallest absolute Gasteiger partial charge is 0.350 e. The number of hydrogen-bond donors (Lipinski definition) is 1. The number of thiophene rings is 1. The van der Waals surface area contributed by atoms with Crippen LogP contribution in [0.1, 0.15) is 16.6 Å². The number of ether oxygens (including phenoxy) is 1. The van der Waals surface area contributed by atoms with E-state index in [1.165, 1.54) is 11.3 Å². The standard InChI is InChI=1S/C8H8N2O2S/c1-2-12-8(11)7-6-5(3-13-7)9-4-10-6/h3-4H,2H2,1H3,(H,9,10). The second-order valence-corrected chi connectivity index (χ2v) is 3.33. The molecule has 68 valence electrons. The lowest BCUT2D eigenvalue weighted by atomic mass is 10.4. The van der Waals surface area contributed by atoms with Crippen LogP contribution in [-0.2, 0) is 4.74 Å². The van der Waals surface area contributed by atoms with Gasteiger partial charge in [-0.05, 0) is 6.92 Å². The van der Waals surface area contributed by atoms with Crippen LogP contribution in [0.2, 0.25) is 0 Å². The number of aromatic nitrogens is 2. The molecule has 0 aliphatic heterocycles. The number of nitrogens with one attached hydrogen (secondary N) is 1. The Balaban J connectivity index is 2.42. The molecule has 0 fully saturated rings. The van der Waals surface area contributed by atoms with Gasteiger partial charge in [0, 0.05) is 5.38 Å². The van der Waals surface area contributed by atoms with Gasteiger partial charge in [0.2, 0.25) is 0 Å². The number of imidazole rings is 1. The maximum Gasteiger partial charge on any atom is 0.350 e. The SMILES string of the molecule is CCOC(=O)c1scc2[nH]cnc12. The Morgan fingerprint density at radius 2 is 2.62 bits per heavy atom. The van der Waals surface area contributed by atoms with Gasteiger partial charge in [0.1, 0.15) is 10.4 Å². The normalized spacial score (nSPS) is 10.5. The van der Waals surface area contributed by atoms with E-state index in [0.717, 1.165) is 5.52 Å². The summed E-state index contributed by atoms with van der Waals surface area (Å²) in [5, 5.41) is 1.86. The van der Waals surface area contributed by atoms with Crippen LogP contribution in [0, 0.1) is 0 Å². The van der Waals surface area contributed by atoms with Gasteiger partial charge in [-0.2, -0.15) is 0 Å². The third-order valence-corrected chi connectivity index (χ3v) is 2.59. The lowest BCUT2D eigenvalue weighted by Crippen LogP contribution is -2.02. The summed E-state index contributed by atoms with van der Waals surface area (Å²) < 4.78 is 4.88. The largest absolute Gasteiger partial charge is 0.462 e. The molecule has 0 radical (unpaired) electrons. The first kappa shape index (κ1) is 8.25. The van der Waals surface area contributed by atoms with Crippen molar-refractivity contribution < 1.29 is 9.53 Å². The number of aromatic amines is 1. The summed E-state index contributed by atoms with van der Waals surface area (Å²) >= 11 is 1.35. The molecule has 2 aromatic heterocycles. The van der Waals surface area contributed by atoms with Crippen LogP contribution >= 0.6 is 11.3 Å². The minimum atomic E-state index is -0.297. The fourth-order valence-electron chi connectivity index (χ4n) is 1.09. The number of esters is 1. The molecule has 0 aliphatic rings. The molecular weight excluding hydrogens is 188 g/mol. The maximum absolute atomic E-state index is 11.4. The zero-order valence-electron chi connectivity index (χ0n) is 7.03. The van der Waals surface area contributed by atoms with Crippen molar-refractivity contribution in [3.63, 3.8) is 0 Å². The first-order valence-corrected chi connectivity index (χ1v) is 4.78. The van der Waals surface area contributed by atoms with E-state index in [4.69, 9.17) is 4.74 Å². The summed E-state index contributed by atoms with van der Waals surface area (Å²) in [4.78, 5) is 18.9. The zero-order valence-corrected chi connectivity index (χ0v) is 7.85. The Hall–Kier alpha value is -1.36. The van der Waals surface area contributed by atoms with Crippen molar-refractivity contribution >= 4 is 28.3 Å². The lowest BCUT2D eigenvalue weighted by Gasteiger charge is -1.96. The highest BCUT2D eigenvalue weighted by Crippen LogP contribution is 2.22. The van der Waals surface area contributed by atoms with E-state index in [1.807, 2.05) is 5.38 Å². The highest BCUT2D eigenvalue weighted by Gasteiger charge is 2.14. The van der Waals surface area contributed by atoms with Gasteiger partial charge in [-0.3, -0.25) is 0 Å². The fourth-order valence-corrected chi connectivity index (χ4v) is 1.93. The van der Waals surface area contributed by atoms with Gasteiger partial charge in [0.25, 0.3) is 0 Å². The molecule has 2 aromatic rings. The van der Waals surface area contributed by atoms with E-state index < -0.39 is 0 Å². The van der Waals surface area contributed by atoms with E-state index in [0.29, 0.717) is 17.0 Å². The number of H-pyrrole nitrogens is 1. The Labute approximate surface area is 78.6 Å². The molecule has 0 unspecified atom stereocenters. The molecule has 0 saturated carbocycles.